The minimum Gasteiger partial charge on any atom is -0.444 e. The normalized spacial score (nSPS) is 26.6. The zero-order valence-corrected chi connectivity index (χ0v) is 14.1. The van der Waals surface area contributed by atoms with E-state index < -0.39 is 5.60 Å². The molecular weight excluding hydrogens is 326 g/mol. The number of hydrogen-bond acceptors (Lipinski definition) is 4. The number of morpholine rings is 1. The number of carbonyl (C=O) groups excluding carboxylic acids is 1. The molecule has 0 aromatic heterocycles. The summed E-state index contributed by atoms with van der Waals surface area (Å²) in [7, 11) is 0. The molecule has 6 heteroatoms. The second-order valence-corrected chi connectivity index (χ2v) is 7.16. The van der Waals surface area contributed by atoms with Crippen LogP contribution in [-0.2, 0) is 14.2 Å². The van der Waals surface area contributed by atoms with Gasteiger partial charge in [-0.25, -0.2) is 4.79 Å². The molecule has 0 N–H and O–H groups in total. The third-order valence-electron chi connectivity index (χ3n) is 3.76. The summed E-state index contributed by atoms with van der Waals surface area (Å²) in [4.78, 5) is 14.4. The second kappa shape index (κ2) is 6.20. The molecule has 0 radical (unpaired) electrons. The van der Waals surface area contributed by atoms with Gasteiger partial charge in [0.05, 0.1) is 24.8 Å². The van der Waals surface area contributed by atoms with Gasteiger partial charge in [0.25, 0.3) is 0 Å². The molecule has 1 amide bonds. The summed E-state index contributed by atoms with van der Waals surface area (Å²) in [5.41, 5.74) is -0.745. The molecule has 1 atom stereocenters. The Balaban J connectivity index is 2.15. The molecule has 0 bridgehead atoms. The third-order valence-corrected chi connectivity index (χ3v) is 4.48. The Kier molecular flexibility index (Phi) is 4.97. The molecule has 2 heterocycles. The minimum absolute atomic E-state index is 0.0241. The molecule has 20 heavy (non-hydrogen) atoms. The van der Waals surface area contributed by atoms with E-state index in [4.69, 9.17) is 14.2 Å². The zero-order chi connectivity index (χ0) is 14.8. The van der Waals surface area contributed by atoms with E-state index in [0.717, 1.165) is 18.2 Å². The van der Waals surface area contributed by atoms with Gasteiger partial charge in [-0.05, 0) is 33.6 Å². The number of hydrogen-bond donors (Lipinski definition) is 0. The lowest BCUT2D eigenvalue weighted by Crippen LogP contribution is -2.64. The van der Waals surface area contributed by atoms with E-state index in [-0.39, 0.29) is 17.7 Å². The SMILES string of the molecule is CC(C)(C)OC(=O)N1CC(CBr)OCC12CCOCC2. The van der Waals surface area contributed by atoms with Crippen LogP contribution >= 0.6 is 15.9 Å². The average Bonchev–Trinajstić information content (AvgIpc) is 2.38. The van der Waals surface area contributed by atoms with Gasteiger partial charge in [-0.1, -0.05) is 15.9 Å². The summed E-state index contributed by atoms with van der Waals surface area (Å²) < 4.78 is 16.9. The summed E-state index contributed by atoms with van der Waals surface area (Å²) >= 11 is 3.43. The van der Waals surface area contributed by atoms with Crippen molar-refractivity contribution in [2.45, 2.75) is 50.9 Å². The Hall–Kier alpha value is -0.330. The second-order valence-electron chi connectivity index (χ2n) is 6.51. The van der Waals surface area contributed by atoms with E-state index in [1.54, 1.807) is 0 Å². The Labute approximate surface area is 129 Å². The summed E-state index contributed by atoms with van der Waals surface area (Å²) in [6.07, 6.45) is 1.40. The summed E-state index contributed by atoms with van der Waals surface area (Å²) in [6, 6.07) is 0. The van der Waals surface area contributed by atoms with Gasteiger partial charge in [0.1, 0.15) is 5.60 Å². The quantitative estimate of drug-likeness (QED) is 0.682. The number of halogens is 1. The fraction of sp³-hybridized carbons (Fsp3) is 0.929. The number of alkyl halides is 1. The van der Waals surface area contributed by atoms with E-state index in [0.29, 0.717) is 26.4 Å². The van der Waals surface area contributed by atoms with E-state index in [1.807, 2.05) is 25.7 Å². The highest BCUT2D eigenvalue weighted by molar-refractivity contribution is 9.09. The van der Waals surface area contributed by atoms with Crippen molar-refractivity contribution in [1.29, 1.82) is 0 Å². The predicted molar refractivity (Wildman–Crippen MR) is 79.3 cm³/mol. The maximum Gasteiger partial charge on any atom is 0.410 e. The Bertz CT molecular complexity index is 350. The van der Waals surface area contributed by atoms with Crippen molar-refractivity contribution >= 4 is 22.0 Å². The fourth-order valence-corrected chi connectivity index (χ4v) is 3.04. The van der Waals surface area contributed by atoms with Crippen LogP contribution in [0, 0.1) is 0 Å². The lowest BCUT2D eigenvalue weighted by molar-refractivity contribution is -0.134. The van der Waals surface area contributed by atoms with Gasteiger partial charge in [0, 0.05) is 18.5 Å². The topological polar surface area (TPSA) is 48.0 Å². The zero-order valence-electron chi connectivity index (χ0n) is 12.5. The molecule has 0 aromatic rings. The van der Waals surface area contributed by atoms with E-state index in [1.165, 1.54) is 0 Å². The molecule has 5 nitrogen and oxygen atoms in total. The number of ether oxygens (including phenoxy) is 3. The molecule has 1 unspecified atom stereocenters. The van der Waals surface area contributed by atoms with Gasteiger partial charge in [0.2, 0.25) is 0 Å². The van der Waals surface area contributed by atoms with Gasteiger partial charge in [-0.15, -0.1) is 0 Å². The van der Waals surface area contributed by atoms with Gasteiger partial charge < -0.3 is 14.2 Å². The van der Waals surface area contributed by atoms with Crippen molar-refractivity contribution in [2.24, 2.45) is 0 Å². The third kappa shape index (κ3) is 3.65. The number of amides is 1. The highest BCUT2D eigenvalue weighted by Gasteiger charge is 2.47. The maximum absolute atomic E-state index is 12.5. The Morgan fingerprint density at radius 1 is 1.40 bits per heavy atom. The first-order chi connectivity index (χ1) is 9.36. The van der Waals surface area contributed by atoms with Crippen molar-refractivity contribution in [2.75, 3.05) is 31.7 Å². The molecular formula is C14H24BrNO4. The molecule has 1 spiro atoms. The molecule has 0 saturated carbocycles. The van der Waals surface area contributed by atoms with Crippen molar-refractivity contribution in [3.8, 4) is 0 Å². The Morgan fingerprint density at radius 2 is 2.05 bits per heavy atom. The summed E-state index contributed by atoms with van der Waals surface area (Å²) in [6.45, 7) is 8.15. The highest BCUT2D eigenvalue weighted by Crippen LogP contribution is 2.34. The van der Waals surface area contributed by atoms with Crippen molar-refractivity contribution < 1.29 is 19.0 Å². The number of rotatable bonds is 1. The summed E-state index contributed by atoms with van der Waals surface area (Å²) in [5.74, 6) is 0. The van der Waals surface area contributed by atoms with E-state index in [2.05, 4.69) is 15.9 Å². The first kappa shape index (κ1) is 16.0. The Morgan fingerprint density at radius 3 is 2.60 bits per heavy atom. The monoisotopic (exact) mass is 349 g/mol. The van der Waals surface area contributed by atoms with Crippen LogP contribution < -0.4 is 0 Å². The van der Waals surface area contributed by atoms with Crippen LogP contribution in [0.3, 0.4) is 0 Å². The van der Waals surface area contributed by atoms with Gasteiger partial charge in [-0.2, -0.15) is 0 Å². The minimum atomic E-state index is -0.481. The molecule has 2 aliphatic heterocycles. The molecule has 2 rings (SSSR count). The molecule has 0 aromatic carbocycles. The van der Waals surface area contributed by atoms with Crippen molar-refractivity contribution in [1.82, 2.24) is 4.90 Å². The summed E-state index contributed by atoms with van der Waals surface area (Å²) in [5, 5.41) is 0.721. The van der Waals surface area contributed by atoms with Crippen LogP contribution in [0.2, 0.25) is 0 Å². The van der Waals surface area contributed by atoms with Crippen molar-refractivity contribution in [3.05, 3.63) is 0 Å². The average molecular weight is 350 g/mol. The number of nitrogens with zero attached hydrogens (tertiary/aromatic N) is 1. The van der Waals surface area contributed by atoms with Gasteiger partial charge >= 0.3 is 6.09 Å². The van der Waals surface area contributed by atoms with E-state index >= 15 is 0 Å². The first-order valence-corrected chi connectivity index (χ1v) is 8.24. The maximum atomic E-state index is 12.5. The molecule has 0 aliphatic carbocycles. The predicted octanol–water partition coefficient (Wildman–Crippen LogP) is 2.57. The highest BCUT2D eigenvalue weighted by atomic mass is 79.9. The van der Waals surface area contributed by atoms with Gasteiger partial charge in [-0.3, -0.25) is 4.90 Å². The largest absolute Gasteiger partial charge is 0.444 e. The molecule has 2 fully saturated rings. The molecule has 116 valence electrons. The lowest BCUT2D eigenvalue weighted by atomic mass is 9.87. The van der Waals surface area contributed by atoms with Crippen LogP contribution in [0.5, 0.6) is 0 Å². The van der Waals surface area contributed by atoms with Crippen LogP contribution in [0.25, 0.3) is 0 Å². The smallest absolute Gasteiger partial charge is 0.410 e. The molecule has 2 saturated heterocycles. The van der Waals surface area contributed by atoms with Crippen LogP contribution in [0.4, 0.5) is 4.79 Å². The fourth-order valence-electron chi connectivity index (χ4n) is 2.65. The van der Waals surface area contributed by atoms with Crippen molar-refractivity contribution in [3.63, 3.8) is 0 Å². The number of carbonyl (C=O) groups is 1. The standard InChI is InChI=1S/C14H24BrNO4/c1-13(2,3)20-12(17)16-9-11(8-15)19-10-14(16)4-6-18-7-5-14/h11H,4-10H2,1-3H3. The first-order valence-electron chi connectivity index (χ1n) is 7.12. The molecule has 2 aliphatic rings. The van der Waals surface area contributed by atoms with E-state index in [9.17, 15) is 4.79 Å². The lowest BCUT2D eigenvalue weighted by Gasteiger charge is -2.50. The van der Waals surface area contributed by atoms with Crippen LogP contribution in [-0.4, -0.2) is 59.9 Å². The van der Waals surface area contributed by atoms with Gasteiger partial charge in [0.15, 0.2) is 0 Å². The van der Waals surface area contributed by atoms with Crippen LogP contribution in [0.15, 0.2) is 0 Å². The van der Waals surface area contributed by atoms with Crippen LogP contribution in [0.1, 0.15) is 33.6 Å².